The first-order valence-corrected chi connectivity index (χ1v) is 9.04. The molecule has 0 aromatic heterocycles. The van der Waals surface area contributed by atoms with Crippen LogP contribution in [0.5, 0.6) is 0 Å². The molecule has 2 aliphatic rings. The number of anilines is 1. The summed E-state index contributed by atoms with van der Waals surface area (Å²) in [5, 5.41) is 0. The predicted octanol–water partition coefficient (Wildman–Crippen LogP) is 3.08. The van der Waals surface area contributed by atoms with Gasteiger partial charge < -0.3 is 9.64 Å². The first-order chi connectivity index (χ1) is 12.6. The third-order valence-corrected chi connectivity index (χ3v) is 5.23. The fourth-order valence-corrected chi connectivity index (χ4v) is 4.01. The van der Waals surface area contributed by atoms with Crippen molar-refractivity contribution in [3.8, 4) is 0 Å². The highest BCUT2D eigenvalue weighted by atomic mass is 19.1. The van der Waals surface area contributed by atoms with E-state index in [1.165, 1.54) is 17.7 Å². The fraction of sp³-hybridized carbons (Fsp3) is 0.381. The molecule has 2 fully saturated rings. The minimum Gasteiger partial charge on any atom is -0.379 e. The molecule has 2 saturated heterocycles. The zero-order chi connectivity index (χ0) is 18.0. The molecule has 26 heavy (non-hydrogen) atoms. The summed E-state index contributed by atoms with van der Waals surface area (Å²) in [7, 11) is 0. The maximum Gasteiger partial charge on any atom is 0.227 e. The van der Waals surface area contributed by atoms with Crippen molar-refractivity contribution in [2.45, 2.75) is 13.0 Å². The summed E-state index contributed by atoms with van der Waals surface area (Å²) in [6.07, 6.45) is 0.468. The Morgan fingerprint density at radius 1 is 1.04 bits per heavy atom. The Morgan fingerprint density at radius 3 is 2.58 bits per heavy atom. The topological polar surface area (TPSA) is 32.8 Å². The Balaban J connectivity index is 1.51. The largest absolute Gasteiger partial charge is 0.379 e. The van der Waals surface area contributed by atoms with Gasteiger partial charge in [0.1, 0.15) is 5.82 Å². The molecule has 2 aromatic rings. The van der Waals surface area contributed by atoms with Gasteiger partial charge in [0, 0.05) is 43.7 Å². The van der Waals surface area contributed by atoms with E-state index in [4.69, 9.17) is 4.74 Å². The molecule has 1 spiro atoms. The molecule has 2 aliphatic heterocycles. The molecule has 0 saturated carbocycles. The minimum atomic E-state index is -0.290. The van der Waals surface area contributed by atoms with Crippen LogP contribution in [-0.4, -0.2) is 43.7 Å². The van der Waals surface area contributed by atoms with Gasteiger partial charge in [0.25, 0.3) is 0 Å². The van der Waals surface area contributed by atoms with Gasteiger partial charge in [-0.1, -0.05) is 30.3 Å². The predicted molar refractivity (Wildman–Crippen MR) is 98.3 cm³/mol. The summed E-state index contributed by atoms with van der Waals surface area (Å²) in [6, 6.07) is 16.5. The first-order valence-electron chi connectivity index (χ1n) is 9.04. The van der Waals surface area contributed by atoms with Crippen molar-refractivity contribution in [3.63, 3.8) is 0 Å². The summed E-state index contributed by atoms with van der Waals surface area (Å²) in [6.45, 7) is 4.42. The lowest BCUT2D eigenvalue weighted by Crippen LogP contribution is -2.40. The van der Waals surface area contributed by atoms with Crippen LogP contribution in [0.15, 0.2) is 54.6 Å². The third kappa shape index (κ3) is 3.64. The number of carbonyl (C=O) groups is 1. The van der Waals surface area contributed by atoms with E-state index in [2.05, 4.69) is 29.2 Å². The Labute approximate surface area is 153 Å². The van der Waals surface area contributed by atoms with Gasteiger partial charge >= 0.3 is 0 Å². The van der Waals surface area contributed by atoms with Crippen LogP contribution in [-0.2, 0) is 16.1 Å². The standard InChI is InChI=1S/C21H23FN2O2/c22-18-6-8-19(9-7-18)24-15-21(12-20(24)25)14-23(10-11-26-16-21)13-17-4-2-1-3-5-17/h1-9H,10-16H2. The highest BCUT2D eigenvalue weighted by molar-refractivity contribution is 5.96. The molecule has 1 amide bonds. The summed E-state index contributed by atoms with van der Waals surface area (Å²) in [5.74, 6) is -0.205. The van der Waals surface area contributed by atoms with Crippen LogP contribution in [0.2, 0.25) is 0 Å². The number of benzene rings is 2. The zero-order valence-corrected chi connectivity index (χ0v) is 14.7. The lowest BCUT2D eigenvalue weighted by Gasteiger charge is -2.31. The van der Waals surface area contributed by atoms with E-state index in [0.29, 0.717) is 26.2 Å². The summed E-state index contributed by atoms with van der Waals surface area (Å²) in [4.78, 5) is 16.8. The first kappa shape index (κ1) is 17.2. The number of halogens is 1. The van der Waals surface area contributed by atoms with Gasteiger partial charge in [0.2, 0.25) is 5.91 Å². The van der Waals surface area contributed by atoms with Crippen LogP contribution < -0.4 is 4.90 Å². The average molecular weight is 354 g/mol. The molecular weight excluding hydrogens is 331 g/mol. The highest BCUT2D eigenvalue weighted by Crippen LogP contribution is 2.37. The molecule has 0 bridgehead atoms. The van der Waals surface area contributed by atoms with Gasteiger partial charge in [0.15, 0.2) is 0 Å². The number of rotatable bonds is 3. The molecule has 5 heteroatoms. The molecule has 2 heterocycles. The van der Waals surface area contributed by atoms with Gasteiger partial charge in [-0.05, 0) is 29.8 Å². The molecule has 4 rings (SSSR count). The second-order valence-corrected chi connectivity index (χ2v) is 7.38. The zero-order valence-electron chi connectivity index (χ0n) is 14.7. The van der Waals surface area contributed by atoms with E-state index >= 15 is 0 Å². The molecule has 0 radical (unpaired) electrons. The van der Waals surface area contributed by atoms with E-state index in [9.17, 15) is 9.18 Å². The maximum atomic E-state index is 13.2. The average Bonchev–Trinajstić information content (AvgIpc) is 2.83. The Hall–Kier alpha value is -2.24. The van der Waals surface area contributed by atoms with E-state index in [-0.39, 0.29) is 17.1 Å². The minimum absolute atomic E-state index is 0.0850. The van der Waals surface area contributed by atoms with Crippen molar-refractivity contribution in [1.29, 1.82) is 0 Å². The van der Waals surface area contributed by atoms with E-state index in [1.807, 2.05) is 6.07 Å². The third-order valence-electron chi connectivity index (χ3n) is 5.23. The number of ether oxygens (including phenoxy) is 1. The van der Waals surface area contributed by atoms with Crippen LogP contribution in [0.4, 0.5) is 10.1 Å². The van der Waals surface area contributed by atoms with Crippen molar-refractivity contribution in [2.24, 2.45) is 5.41 Å². The van der Waals surface area contributed by atoms with E-state index in [1.54, 1.807) is 17.0 Å². The highest BCUT2D eigenvalue weighted by Gasteiger charge is 2.45. The second-order valence-electron chi connectivity index (χ2n) is 7.38. The quantitative estimate of drug-likeness (QED) is 0.849. The molecule has 1 unspecified atom stereocenters. The Morgan fingerprint density at radius 2 is 1.81 bits per heavy atom. The molecule has 0 N–H and O–H groups in total. The fourth-order valence-electron chi connectivity index (χ4n) is 4.01. The number of carbonyl (C=O) groups excluding carboxylic acids is 1. The summed E-state index contributed by atoms with van der Waals surface area (Å²) in [5.41, 5.74) is 1.81. The maximum absolute atomic E-state index is 13.2. The second kappa shape index (κ2) is 7.17. The van der Waals surface area contributed by atoms with Gasteiger partial charge in [-0.2, -0.15) is 0 Å². The van der Waals surface area contributed by atoms with Crippen molar-refractivity contribution in [3.05, 3.63) is 66.0 Å². The van der Waals surface area contributed by atoms with Gasteiger partial charge in [-0.25, -0.2) is 4.39 Å². The molecule has 2 aromatic carbocycles. The van der Waals surface area contributed by atoms with Crippen LogP contribution in [0.1, 0.15) is 12.0 Å². The summed E-state index contributed by atoms with van der Waals surface area (Å²) < 4.78 is 19.1. The Kier molecular flexibility index (Phi) is 4.74. The van der Waals surface area contributed by atoms with Crippen LogP contribution in [0.3, 0.4) is 0 Å². The van der Waals surface area contributed by atoms with Crippen molar-refractivity contribution < 1.29 is 13.9 Å². The number of hydrogen-bond acceptors (Lipinski definition) is 3. The smallest absolute Gasteiger partial charge is 0.227 e. The van der Waals surface area contributed by atoms with Crippen LogP contribution >= 0.6 is 0 Å². The lowest BCUT2D eigenvalue weighted by atomic mass is 9.87. The monoisotopic (exact) mass is 354 g/mol. The number of nitrogens with zero attached hydrogens (tertiary/aromatic N) is 2. The SMILES string of the molecule is O=C1CC2(COCCN(Cc3ccccc3)C2)CN1c1ccc(F)cc1. The van der Waals surface area contributed by atoms with Crippen molar-refractivity contribution in [2.75, 3.05) is 37.7 Å². The molecular formula is C21H23FN2O2. The number of hydrogen-bond donors (Lipinski definition) is 0. The van der Waals surface area contributed by atoms with Gasteiger partial charge in [-0.3, -0.25) is 9.69 Å². The van der Waals surface area contributed by atoms with E-state index < -0.39 is 0 Å². The number of amides is 1. The normalized spacial score (nSPS) is 24.2. The Bertz CT molecular complexity index is 765. The molecule has 0 aliphatic carbocycles. The van der Waals surface area contributed by atoms with Crippen LogP contribution in [0, 0.1) is 11.2 Å². The summed E-state index contributed by atoms with van der Waals surface area (Å²) >= 11 is 0. The molecule has 136 valence electrons. The lowest BCUT2D eigenvalue weighted by molar-refractivity contribution is -0.118. The van der Waals surface area contributed by atoms with Gasteiger partial charge in [-0.15, -0.1) is 0 Å². The van der Waals surface area contributed by atoms with Crippen molar-refractivity contribution >= 4 is 11.6 Å². The van der Waals surface area contributed by atoms with Crippen molar-refractivity contribution in [1.82, 2.24) is 4.90 Å². The van der Waals surface area contributed by atoms with E-state index in [0.717, 1.165) is 25.3 Å². The molecule has 4 nitrogen and oxygen atoms in total. The van der Waals surface area contributed by atoms with Gasteiger partial charge in [0.05, 0.1) is 13.2 Å². The molecule has 1 atom stereocenters. The van der Waals surface area contributed by atoms with Crippen LogP contribution in [0.25, 0.3) is 0 Å².